The summed E-state index contributed by atoms with van der Waals surface area (Å²) >= 11 is 6.17. The van der Waals surface area contributed by atoms with Crippen LogP contribution in [-0.2, 0) is 20.7 Å². The number of nitrogens with zero attached hydrogens (tertiary/aromatic N) is 1. The van der Waals surface area contributed by atoms with Crippen LogP contribution in [0.2, 0.25) is 5.02 Å². The lowest BCUT2D eigenvalue weighted by Crippen LogP contribution is -2.41. The molecule has 2 atom stereocenters. The first-order valence-electron chi connectivity index (χ1n) is 7.62. The van der Waals surface area contributed by atoms with E-state index in [0.29, 0.717) is 41.7 Å². The highest BCUT2D eigenvalue weighted by atomic mass is 35.5. The zero-order chi connectivity index (χ0) is 17.3. The summed E-state index contributed by atoms with van der Waals surface area (Å²) in [6.45, 7) is 1.12. The number of ether oxygens (including phenoxy) is 3. The van der Waals surface area contributed by atoms with E-state index in [1.807, 2.05) is 0 Å². The summed E-state index contributed by atoms with van der Waals surface area (Å²) in [5.41, 5.74) is 0.652. The summed E-state index contributed by atoms with van der Waals surface area (Å²) in [6, 6.07) is 2.49. The molecule has 2 unspecified atom stereocenters. The zero-order valence-electron chi connectivity index (χ0n) is 13.2. The average Bonchev–Trinajstić information content (AvgIpc) is 3.00. The molecule has 24 heavy (non-hydrogen) atoms. The molecule has 1 aromatic rings. The average molecular weight is 356 g/mol. The first kappa shape index (κ1) is 16.9. The summed E-state index contributed by atoms with van der Waals surface area (Å²) in [5, 5.41) is 9.68. The molecule has 1 aromatic carbocycles. The van der Waals surface area contributed by atoms with Crippen molar-refractivity contribution >= 4 is 23.5 Å². The van der Waals surface area contributed by atoms with Gasteiger partial charge in [-0.25, -0.2) is 4.79 Å². The number of carbonyl (C=O) groups excluding carboxylic acids is 1. The Balaban J connectivity index is 1.77. The summed E-state index contributed by atoms with van der Waals surface area (Å²) in [6.07, 6.45) is 0.0645. The number of benzene rings is 1. The number of methoxy groups -OCH3 is 1. The quantitative estimate of drug-likeness (QED) is 0.877. The third kappa shape index (κ3) is 3.27. The fourth-order valence-corrected chi connectivity index (χ4v) is 3.31. The summed E-state index contributed by atoms with van der Waals surface area (Å²) in [7, 11) is 1.51. The van der Waals surface area contributed by atoms with Crippen molar-refractivity contribution in [2.24, 2.45) is 0 Å². The molecule has 1 saturated heterocycles. The minimum atomic E-state index is -1.02. The van der Waals surface area contributed by atoms with Crippen molar-refractivity contribution in [3.05, 3.63) is 22.7 Å². The molecule has 130 valence electrons. The Morgan fingerprint density at radius 3 is 2.83 bits per heavy atom. The number of carboxylic acid groups (broad SMARTS) is 1. The van der Waals surface area contributed by atoms with Crippen LogP contribution in [0.15, 0.2) is 12.1 Å². The highest BCUT2D eigenvalue weighted by molar-refractivity contribution is 6.32. The molecule has 0 spiro atoms. The van der Waals surface area contributed by atoms with Crippen molar-refractivity contribution in [2.75, 3.05) is 26.9 Å². The van der Waals surface area contributed by atoms with Crippen LogP contribution in [0.1, 0.15) is 12.0 Å². The van der Waals surface area contributed by atoms with Crippen molar-refractivity contribution in [3.63, 3.8) is 0 Å². The minimum Gasteiger partial charge on any atom is -0.486 e. The minimum absolute atomic E-state index is 0.0383. The smallest absolute Gasteiger partial charge is 0.326 e. The number of rotatable bonds is 4. The molecule has 0 aliphatic carbocycles. The molecular weight excluding hydrogens is 338 g/mol. The van der Waals surface area contributed by atoms with Gasteiger partial charge in [-0.05, 0) is 17.7 Å². The van der Waals surface area contributed by atoms with Gasteiger partial charge in [-0.15, -0.1) is 0 Å². The topological polar surface area (TPSA) is 85.3 Å². The molecule has 3 rings (SSSR count). The van der Waals surface area contributed by atoms with Crippen LogP contribution in [0.25, 0.3) is 0 Å². The number of hydrogen-bond acceptors (Lipinski definition) is 5. The van der Waals surface area contributed by atoms with Crippen molar-refractivity contribution in [3.8, 4) is 11.5 Å². The van der Waals surface area contributed by atoms with E-state index in [4.69, 9.17) is 25.8 Å². The number of carboxylic acids is 1. The van der Waals surface area contributed by atoms with Gasteiger partial charge in [0.2, 0.25) is 5.91 Å². The van der Waals surface area contributed by atoms with E-state index >= 15 is 0 Å². The summed E-state index contributed by atoms with van der Waals surface area (Å²) in [5.74, 6) is -0.330. The van der Waals surface area contributed by atoms with E-state index in [2.05, 4.69) is 0 Å². The van der Waals surface area contributed by atoms with Gasteiger partial charge in [0, 0.05) is 20.1 Å². The van der Waals surface area contributed by atoms with E-state index in [1.54, 1.807) is 12.1 Å². The zero-order valence-corrected chi connectivity index (χ0v) is 13.9. The van der Waals surface area contributed by atoms with Gasteiger partial charge in [-0.3, -0.25) is 4.79 Å². The van der Waals surface area contributed by atoms with Crippen LogP contribution in [0.4, 0.5) is 0 Å². The second kappa shape index (κ2) is 6.86. The van der Waals surface area contributed by atoms with E-state index < -0.39 is 12.0 Å². The number of halogens is 1. The van der Waals surface area contributed by atoms with E-state index in [9.17, 15) is 14.7 Å². The number of amides is 1. The maximum Gasteiger partial charge on any atom is 0.326 e. The molecular formula is C16H18ClNO6. The first-order chi connectivity index (χ1) is 11.5. The fraction of sp³-hybridized carbons (Fsp3) is 0.500. The predicted molar refractivity (Wildman–Crippen MR) is 84.7 cm³/mol. The Labute approximate surface area is 144 Å². The second-order valence-electron chi connectivity index (χ2n) is 5.77. The lowest BCUT2D eigenvalue weighted by atomic mass is 10.1. The highest BCUT2D eigenvalue weighted by Crippen LogP contribution is 2.38. The first-order valence-corrected chi connectivity index (χ1v) is 8.00. The molecule has 2 heterocycles. The van der Waals surface area contributed by atoms with Crippen molar-refractivity contribution in [2.45, 2.75) is 25.0 Å². The second-order valence-corrected chi connectivity index (χ2v) is 6.18. The Hall–Kier alpha value is -1.99. The Kier molecular flexibility index (Phi) is 4.82. The maximum atomic E-state index is 12.6. The van der Waals surface area contributed by atoms with E-state index in [-0.39, 0.29) is 25.0 Å². The fourth-order valence-electron chi connectivity index (χ4n) is 3.02. The largest absolute Gasteiger partial charge is 0.486 e. The van der Waals surface area contributed by atoms with Crippen molar-refractivity contribution in [1.82, 2.24) is 4.90 Å². The van der Waals surface area contributed by atoms with Crippen LogP contribution in [0.3, 0.4) is 0 Å². The maximum absolute atomic E-state index is 12.6. The Morgan fingerprint density at radius 1 is 1.38 bits per heavy atom. The summed E-state index contributed by atoms with van der Waals surface area (Å²) in [4.78, 5) is 25.3. The lowest BCUT2D eigenvalue weighted by molar-refractivity contribution is -0.148. The normalized spacial score (nSPS) is 22.5. The molecule has 0 radical (unpaired) electrons. The lowest BCUT2D eigenvalue weighted by Gasteiger charge is -2.23. The molecule has 7 nitrogen and oxygen atoms in total. The van der Waals surface area contributed by atoms with Gasteiger partial charge in [0.1, 0.15) is 19.3 Å². The van der Waals surface area contributed by atoms with Crippen LogP contribution < -0.4 is 9.47 Å². The molecule has 0 saturated carbocycles. The molecule has 0 aromatic heterocycles. The van der Waals surface area contributed by atoms with Gasteiger partial charge in [-0.2, -0.15) is 0 Å². The van der Waals surface area contributed by atoms with Gasteiger partial charge in [0.15, 0.2) is 11.5 Å². The Bertz CT molecular complexity index is 664. The van der Waals surface area contributed by atoms with Crippen LogP contribution in [0, 0.1) is 0 Å². The molecule has 1 N–H and O–H groups in total. The van der Waals surface area contributed by atoms with Crippen LogP contribution >= 0.6 is 11.6 Å². The molecule has 1 amide bonds. The molecule has 1 fully saturated rings. The molecule has 2 aliphatic heterocycles. The predicted octanol–water partition coefficient (Wildman–Crippen LogP) is 1.35. The number of aliphatic carboxylic acids is 1. The van der Waals surface area contributed by atoms with Crippen LogP contribution in [-0.4, -0.2) is 60.9 Å². The number of likely N-dealkylation sites (tertiary alicyclic amines) is 1. The Morgan fingerprint density at radius 2 is 2.12 bits per heavy atom. The third-order valence-electron chi connectivity index (χ3n) is 4.21. The third-order valence-corrected chi connectivity index (χ3v) is 4.49. The van der Waals surface area contributed by atoms with Gasteiger partial charge in [0.05, 0.1) is 17.5 Å². The number of carbonyl (C=O) groups is 2. The van der Waals surface area contributed by atoms with Crippen LogP contribution in [0.5, 0.6) is 11.5 Å². The monoisotopic (exact) mass is 355 g/mol. The summed E-state index contributed by atoms with van der Waals surface area (Å²) < 4.78 is 16.1. The van der Waals surface area contributed by atoms with E-state index in [1.165, 1.54) is 12.0 Å². The van der Waals surface area contributed by atoms with Gasteiger partial charge < -0.3 is 24.2 Å². The molecule has 0 bridgehead atoms. The standard InChI is InChI=1S/C16H18ClNO6/c1-22-10-7-12(16(20)21)18(8-10)14(19)6-9-4-11(17)15-13(5-9)23-2-3-24-15/h4-5,10,12H,2-3,6-8H2,1H3,(H,20,21). The SMILES string of the molecule is COC1CC(C(=O)O)N(C(=O)Cc2cc(Cl)c3c(c2)OCCO3)C1. The van der Waals surface area contributed by atoms with Crippen molar-refractivity contribution in [1.29, 1.82) is 0 Å². The highest BCUT2D eigenvalue weighted by Gasteiger charge is 2.39. The molecule has 8 heteroatoms. The van der Waals surface area contributed by atoms with E-state index in [0.717, 1.165) is 0 Å². The number of hydrogen-bond donors (Lipinski definition) is 1. The number of fused-ring (bicyclic) bond motifs is 1. The van der Waals surface area contributed by atoms with Gasteiger partial charge in [-0.1, -0.05) is 11.6 Å². The molecule has 2 aliphatic rings. The van der Waals surface area contributed by atoms with Gasteiger partial charge in [0.25, 0.3) is 0 Å². The van der Waals surface area contributed by atoms with Gasteiger partial charge >= 0.3 is 5.97 Å². The van der Waals surface area contributed by atoms with Crippen molar-refractivity contribution < 1.29 is 28.9 Å².